The summed E-state index contributed by atoms with van der Waals surface area (Å²) >= 11 is 0. The Bertz CT molecular complexity index is 966. The molecular weight excluding hydrogens is 260 g/mol. The first-order valence-electron chi connectivity index (χ1n) is 6.89. The highest BCUT2D eigenvalue weighted by atomic mass is 16.5. The minimum absolute atomic E-state index is 0.292. The molecule has 0 saturated carbocycles. The van der Waals surface area contributed by atoms with Crippen LogP contribution in [0.5, 0.6) is 11.5 Å². The molecular formula is C19H14O2. The average Bonchev–Trinajstić information content (AvgIpc) is 2.54. The second-order valence-corrected chi connectivity index (χ2v) is 5.19. The van der Waals surface area contributed by atoms with E-state index in [0.29, 0.717) is 5.75 Å². The maximum Gasteiger partial charge on any atom is 0.119 e. The van der Waals surface area contributed by atoms with Crippen molar-refractivity contribution in [2.45, 2.75) is 0 Å². The Morgan fingerprint density at radius 2 is 1.24 bits per heavy atom. The van der Waals surface area contributed by atoms with E-state index in [1.807, 2.05) is 30.3 Å². The third-order valence-electron chi connectivity index (χ3n) is 4.03. The van der Waals surface area contributed by atoms with Crippen molar-refractivity contribution in [1.29, 1.82) is 0 Å². The predicted molar refractivity (Wildman–Crippen MR) is 87.2 cm³/mol. The second kappa shape index (κ2) is 4.38. The van der Waals surface area contributed by atoms with Gasteiger partial charge in [-0.05, 0) is 56.6 Å². The van der Waals surface area contributed by atoms with E-state index in [1.165, 1.54) is 16.2 Å². The van der Waals surface area contributed by atoms with Gasteiger partial charge < -0.3 is 9.84 Å². The fourth-order valence-electron chi connectivity index (χ4n) is 3.05. The van der Waals surface area contributed by atoms with Gasteiger partial charge in [0.2, 0.25) is 0 Å². The second-order valence-electron chi connectivity index (χ2n) is 5.19. The largest absolute Gasteiger partial charge is 0.508 e. The molecule has 0 unspecified atom stereocenters. The van der Waals surface area contributed by atoms with Crippen molar-refractivity contribution >= 4 is 32.3 Å². The normalized spacial score (nSPS) is 11.3. The first-order valence-corrected chi connectivity index (χ1v) is 6.89. The van der Waals surface area contributed by atoms with Gasteiger partial charge in [-0.2, -0.15) is 0 Å². The number of benzene rings is 4. The summed E-state index contributed by atoms with van der Waals surface area (Å²) in [5, 5.41) is 16.7. The molecule has 0 bridgehead atoms. The monoisotopic (exact) mass is 274 g/mol. The molecule has 21 heavy (non-hydrogen) atoms. The molecule has 0 radical (unpaired) electrons. The smallest absolute Gasteiger partial charge is 0.119 e. The predicted octanol–water partition coefficient (Wildman–Crippen LogP) is 4.86. The van der Waals surface area contributed by atoms with Crippen LogP contribution in [0.25, 0.3) is 32.3 Å². The number of methoxy groups -OCH3 is 1. The van der Waals surface area contributed by atoms with Crippen LogP contribution < -0.4 is 4.74 Å². The van der Waals surface area contributed by atoms with Gasteiger partial charge in [0, 0.05) is 0 Å². The highest BCUT2D eigenvalue weighted by Gasteiger charge is 2.09. The van der Waals surface area contributed by atoms with Crippen molar-refractivity contribution in [3.05, 3.63) is 60.7 Å². The van der Waals surface area contributed by atoms with Gasteiger partial charge in [0.25, 0.3) is 0 Å². The number of rotatable bonds is 1. The molecule has 0 aliphatic carbocycles. The van der Waals surface area contributed by atoms with Crippen LogP contribution >= 0.6 is 0 Å². The molecule has 0 amide bonds. The van der Waals surface area contributed by atoms with Gasteiger partial charge in [-0.25, -0.2) is 0 Å². The minimum atomic E-state index is 0.292. The van der Waals surface area contributed by atoms with Crippen LogP contribution in [0.2, 0.25) is 0 Å². The van der Waals surface area contributed by atoms with Crippen LogP contribution in [0.1, 0.15) is 0 Å². The fourth-order valence-corrected chi connectivity index (χ4v) is 3.05. The zero-order valence-corrected chi connectivity index (χ0v) is 11.6. The molecule has 0 saturated heterocycles. The maximum absolute atomic E-state index is 9.82. The number of phenolic OH excluding ortho intramolecular Hbond substituents is 1. The van der Waals surface area contributed by atoms with Gasteiger partial charge in [0.1, 0.15) is 11.5 Å². The summed E-state index contributed by atoms with van der Waals surface area (Å²) < 4.78 is 5.36. The van der Waals surface area contributed by atoms with E-state index in [9.17, 15) is 5.11 Å². The zero-order valence-electron chi connectivity index (χ0n) is 11.6. The van der Waals surface area contributed by atoms with Gasteiger partial charge in [-0.3, -0.25) is 0 Å². The standard InChI is InChI=1S/C19H14O2/c1-21-13-7-9-17-16-8-6-12(20)10-18(16)14-4-2-3-5-15(14)19(17)11-13/h2-11,20H,1H3. The van der Waals surface area contributed by atoms with Crippen molar-refractivity contribution in [2.75, 3.05) is 7.11 Å². The first kappa shape index (κ1) is 12.0. The van der Waals surface area contributed by atoms with E-state index in [2.05, 4.69) is 24.3 Å². The SMILES string of the molecule is COc1ccc2c3ccc(O)cc3c3ccccc3c2c1. The molecule has 0 spiro atoms. The third-order valence-corrected chi connectivity index (χ3v) is 4.03. The van der Waals surface area contributed by atoms with Crippen LogP contribution in [0, 0.1) is 0 Å². The molecule has 102 valence electrons. The van der Waals surface area contributed by atoms with Crippen LogP contribution in [0.3, 0.4) is 0 Å². The Labute approximate surface area is 122 Å². The molecule has 0 fully saturated rings. The summed E-state index contributed by atoms with van der Waals surface area (Å²) in [6, 6.07) is 20.0. The van der Waals surface area contributed by atoms with E-state index < -0.39 is 0 Å². The maximum atomic E-state index is 9.82. The third kappa shape index (κ3) is 1.73. The molecule has 4 aromatic rings. The number of hydrogen-bond acceptors (Lipinski definition) is 2. The molecule has 1 N–H and O–H groups in total. The van der Waals surface area contributed by atoms with E-state index in [-0.39, 0.29) is 0 Å². The molecule has 2 nitrogen and oxygen atoms in total. The Balaban J connectivity index is 2.33. The van der Waals surface area contributed by atoms with Gasteiger partial charge in [-0.15, -0.1) is 0 Å². The first-order chi connectivity index (χ1) is 10.3. The lowest BCUT2D eigenvalue weighted by molar-refractivity contribution is 0.415. The van der Waals surface area contributed by atoms with Gasteiger partial charge in [0.15, 0.2) is 0 Å². The van der Waals surface area contributed by atoms with Crippen molar-refractivity contribution in [3.8, 4) is 11.5 Å². The van der Waals surface area contributed by atoms with Crippen molar-refractivity contribution in [1.82, 2.24) is 0 Å². The highest BCUT2D eigenvalue weighted by Crippen LogP contribution is 2.37. The zero-order chi connectivity index (χ0) is 14.4. The summed E-state index contributed by atoms with van der Waals surface area (Å²) in [5.74, 6) is 1.14. The number of ether oxygens (including phenoxy) is 1. The summed E-state index contributed by atoms with van der Waals surface area (Å²) in [6.45, 7) is 0. The number of hydrogen-bond donors (Lipinski definition) is 1. The lowest BCUT2D eigenvalue weighted by atomic mass is 9.94. The van der Waals surface area contributed by atoms with Crippen LogP contribution in [0.15, 0.2) is 60.7 Å². The van der Waals surface area contributed by atoms with Crippen LogP contribution in [0.4, 0.5) is 0 Å². The lowest BCUT2D eigenvalue weighted by Crippen LogP contribution is -1.86. The molecule has 4 aromatic carbocycles. The minimum Gasteiger partial charge on any atom is -0.508 e. The Morgan fingerprint density at radius 1 is 0.667 bits per heavy atom. The van der Waals surface area contributed by atoms with Gasteiger partial charge in [-0.1, -0.05) is 36.4 Å². The van der Waals surface area contributed by atoms with Crippen molar-refractivity contribution in [3.63, 3.8) is 0 Å². The number of aromatic hydroxyl groups is 1. The van der Waals surface area contributed by atoms with Crippen LogP contribution in [-0.4, -0.2) is 12.2 Å². The van der Waals surface area contributed by atoms with Crippen molar-refractivity contribution < 1.29 is 9.84 Å². The van der Waals surface area contributed by atoms with Gasteiger partial charge in [0.05, 0.1) is 7.11 Å². The molecule has 0 heterocycles. The summed E-state index contributed by atoms with van der Waals surface area (Å²) in [7, 11) is 1.68. The number of phenols is 1. The summed E-state index contributed by atoms with van der Waals surface area (Å²) in [4.78, 5) is 0. The molecule has 0 atom stereocenters. The van der Waals surface area contributed by atoms with E-state index in [4.69, 9.17) is 4.74 Å². The van der Waals surface area contributed by atoms with E-state index in [1.54, 1.807) is 13.2 Å². The van der Waals surface area contributed by atoms with Crippen molar-refractivity contribution in [2.24, 2.45) is 0 Å². The van der Waals surface area contributed by atoms with E-state index >= 15 is 0 Å². The molecule has 0 aromatic heterocycles. The molecule has 0 aliphatic rings. The summed E-state index contributed by atoms with van der Waals surface area (Å²) in [5.41, 5.74) is 0. The number of fused-ring (bicyclic) bond motifs is 6. The Morgan fingerprint density at radius 3 is 1.90 bits per heavy atom. The Hall–Kier alpha value is -2.74. The summed E-state index contributed by atoms with van der Waals surface area (Å²) in [6.07, 6.45) is 0. The highest BCUT2D eigenvalue weighted by molar-refractivity contribution is 6.25. The lowest BCUT2D eigenvalue weighted by Gasteiger charge is -2.11. The topological polar surface area (TPSA) is 29.5 Å². The quantitative estimate of drug-likeness (QED) is 0.502. The molecule has 2 heteroatoms. The molecule has 4 rings (SSSR count). The molecule has 0 aliphatic heterocycles. The Kier molecular flexibility index (Phi) is 2.51. The van der Waals surface area contributed by atoms with E-state index in [0.717, 1.165) is 21.9 Å². The van der Waals surface area contributed by atoms with Gasteiger partial charge >= 0.3 is 0 Å². The average molecular weight is 274 g/mol. The fraction of sp³-hybridized carbons (Fsp3) is 0.0526. The van der Waals surface area contributed by atoms with Crippen LogP contribution in [-0.2, 0) is 0 Å².